The second-order valence-corrected chi connectivity index (χ2v) is 4.45. The Morgan fingerprint density at radius 2 is 2.32 bits per heavy atom. The lowest BCUT2D eigenvalue weighted by molar-refractivity contribution is 0.0600. The van der Waals surface area contributed by atoms with Crippen LogP contribution in [-0.4, -0.2) is 36.3 Å². The summed E-state index contributed by atoms with van der Waals surface area (Å²) in [5.74, 6) is 0.111. The third-order valence-corrected chi connectivity index (χ3v) is 3.10. The van der Waals surface area contributed by atoms with E-state index in [-0.39, 0.29) is 12.6 Å². The molecule has 1 unspecified atom stereocenters. The highest BCUT2D eigenvalue weighted by molar-refractivity contribution is 5.88. The van der Waals surface area contributed by atoms with Crippen molar-refractivity contribution < 1.29 is 14.6 Å². The summed E-state index contributed by atoms with van der Waals surface area (Å²) >= 11 is 0. The quantitative estimate of drug-likeness (QED) is 0.695. The van der Waals surface area contributed by atoms with Crippen molar-refractivity contribution in [2.75, 3.05) is 20.3 Å². The average molecular weight is 266 g/mol. The number of esters is 1. The Morgan fingerprint density at radius 3 is 2.84 bits per heavy atom. The second-order valence-electron chi connectivity index (χ2n) is 4.45. The van der Waals surface area contributed by atoms with Gasteiger partial charge in [-0.25, -0.2) is 4.79 Å². The smallest absolute Gasteiger partial charge is 0.339 e. The van der Waals surface area contributed by atoms with Crippen LogP contribution in [0.15, 0.2) is 18.3 Å². The van der Waals surface area contributed by atoms with E-state index in [2.05, 4.69) is 22.0 Å². The van der Waals surface area contributed by atoms with Gasteiger partial charge in [0.2, 0.25) is 0 Å². The molecule has 0 aliphatic heterocycles. The molecular weight excluding hydrogens is 244 g/mol. The van der Waals surface area contributed by atoms with Gasteiger partial charge >= 0.3 is 5.97 Å². The molecule has 0 aliphatic rings. The Hall–Kier alpha value is -1.46. The molecule has 5 heteroatoms. The molecular formula is C14H22N2O3. The summed E-state index contributed by atoms with van der Waals surface area (Å²) in [4.78, 5) is 15.4. The van der Waals surface area contributed by atoms with Crippen LogP contribution in [0.1, 0.15) is 35.8 Å². The van der Waals surface area contributed by atoms with Crippen molar-refractivity contribution in [1.29, 1.82) is 0 Å². The molecule has 0 bridgehead atoms. The number of aliphatic hydroxyl groups excluding tert-OH is 1. The minimum Gasteiger partial charge on any atom is -0.465 e. The standard InChI is InChI=1S/C14H22N2O3/c1-3-11(6-7-17)8-15-10-13-5-4-12(9-16-13)14(18)19-2/h4-5,9,11,15,17H,3,6-8,10H2,1-2H3. The van der Waals surface area contributed by atoms with Gasteiger partial charge in [-0.3, -0.25) is 4.98 Å². The van der Waals surface area contributed by atoms with Crippen LogP contribution in [0, 0.1) is 5.92 Å². The molecule has 1 heterocycles. The third-order valence-electron chi connectivity index (χ3n) is 3.10. The molecule has 0 spiro atoms. The molecule has 0 fully saturated rings. The van der Waals surface area contributed by atoms with Crippen LogP contribution >= 0.6 is 0 Å². The minimum absolute atomic E-state index is 0.228. The molecule has 1 atom stereocenters. The molecule has 1 aromatic rings. The fourth-order valence-electron chi connectivity index (χ4n) is 1.81. The Morgan fingerprint density at radius 1 is 1.53 bits per heavy atom. The van der Waals surface area contributed by atoms with Gasteiger partial charge in [0.1, 0.15) is 0 Å². The summed E-state index contributed by atoms with van der Waals surface area (Å²) in [5, 5.41) is 12.2. The summed E-state index contributed by atoms with van der Waals surface area (Å²) in [6, 6.07) is 3.52. The van der Waals surface area contributed by atoms with Gasteiger partial charge in [-0.1, -0.05) is 13.3 Å². The fraction of sp³-hybridized carbons (Fsp3) is 0.571. The topological polar surface area (TPSA) is 71.5 Å². The van der Waals surface area contributed by atoms with Crippen LogP contribution in [0.3, 0.4) is 0 Å². The van der Waals surface area contributed by atoms with Crippen LogP contribution in [-0.2, 0) is 11.3 Å². The summed E-state index contributed by atoms with van der Waals surface area (Å²) < 4.78 is 4.61. The first-order valence-electron chi connectivity index (χ1n) is 6.56. The number of methoxy groups -OCH3 is 1. The first kappa shape index (κ1) is 15.6. The maximum Gasteiger partial charge on any atom is 0.339 e. The third kappa shape index (κ3) is 5.36. The zero-order valence-corrected chi connectivity index (χ0v) is 11.6. The SMILES string of the molecule is CCC(CCO)CNCc1ccc(C(=O)OC)cn1. The molecule has 0 aromatic carbocycles. The predicted octanol–water partition coefficient (Wildman–Crippen LogP) is 1.37. The van der Waals surface area contributed by atoms with Gasteiger partial charge < -0.3 is 15.2 Å². The number of carbonyl (C=O) groups excluding carboxylic acids is 1. The summed E-state index contributed by atoms with van der Waals surface area (Å²) in [5.41, 5.74) is 1.34. The maximum absolute atomic E-state index is 11.2. The first-order valence-corrected chi connectivity index (χ1v) is 6.56. The molecule has 0 radical (unpaired) electrons. The number of pyridine rings is 1. The van der Waals surface area contributed by atoms with Crippen molar-refractivity contribution in [2.45, 2.75) is 26.3 Å². The van der Waals surface area contributed by atoms with Crippen molar-refractivity contribution in [3.63, 3.8) is 0 Å². The maximum atomic E-state index is 11.2. The molecule has 5 nitrogen and oxygen atoms in total. The number of nitrogens with zero attached hydrogens (tertiary/aromatic N) is 1. The Labute approximate surface area is 114 Å². The normalized spacial score (nSPS) is 12.2. The molecule has 0 amide bonds. The van der Waals surface area contributed by atoms with E-state index in [1.54, 1.807) is 6.07 Å². The Bertz CT molecular complexity index is 379. The molecule has 1 aromatic heterocycles. The second kappa shape index (κ2) is 8.61. The summed E-state index contributed by atoms with van der Waals surface area (Å²) in [6.07, 6.45) is 3.38. The number of aliphatic hydroxyl groups is 1. The van der Waals surface area contributed by atoms with Crippen LogP contribution in [0.2, 0.25) is 0 Å². The molecule has 0 saturated carbocycles. The van der Waals surface area contributed by atoms with Crippen LogP contribution < -0.4 is 5.32 Å². The molecule has 19 heavy (non-hydrogen) atoms. The van der Waals surface area contributed by atoms with E-state index in [1.165, 1.54) is 13.3 Å². The molecule has 2 N–H and O–H groups in total. The van der Waals surface area contributed by atoms with Gasteiger partial charge in [-0.2, -0.15) is 0 Å². The van der Waals surface area contributed by atoms with Gasteiger partial charge in [-0.05, 0) is 31.0 Å². The lowest BCUT2D eigenvalue weighted by Gasteiger charge is -2.14. The van der Waals surface area contributed by atoms with E-state index in [0.717, 1.165) is 25.1 Å². The number of ether oxygens (including phenoxy) is 1. The summed E-state index contributed by atoms with van der Waals surface area (Å²) in [7, 11) is 1.35. The van der Waals surface area contributed by atoms with Crippen molar-refractivity contribution in [1.82, 2.24) is 10.3 Å². The van der Waals surface area contributed by atoms with E-state index in [4.69, 9.17) is 5.11 Å². The molecule has 0 aliphatic carbocycles. The number of hydrogen-bond acceptors (Lipinski definition) is 5. The lowest BCUT2D eigenvalue weighted by atomic mass is 10.0. The van der Waals surface area contributed by atoms with Gasteiger partial charge in [0.25, 0.3) is 0 Å². The molecule has 106 valence electrons. The van der Waals surface area contributed by atoms with Crippen molar-refractivity contribution in [2.24, 2.45) is 5.92 Å². The number of rotatable bonds is 8. The van der Waals surface area contributed by atoms with E-state index in [1.807, 2.05) is 6.07 Å². The highest BCUT2D eigenvalue weighted by Gasteiger charge is 2.07. The molecule has 0 saturated heterocycles. The zero-order valence-electron chi connectivity index (χ0n) is 11.6. The van der Waals surface area contributed by atoms with Crippen LogP contribution in [0.5, 0.6) is 0 Å². The van der Waals surface area contributed by atoms with Crippen molar-refractivity contribution in [3.8, 4) is 0 Å². The zero-order chi connectivity index (χ0) is 14.1. The van der Waals surface area contributed by atoms with Crippen LogP contribution in [0.25, 0.3) is 0 Å². The largest absolute Gasteiger partial charge is 0.465 e. The number of aromatic nitrogens is 1. The van der Waals surface area contributed by atoms with E-state index in [0.29, 0.717) is 18.0 Å². The highest BCUT2D eigenvalue weighted by atomic mass is 16.5. The fourth-order valence-corrected chi connectivity index (χ4v) is 1.81. The summed E-state index contributed by atoms with van der Waals surface area (Å²) in [6.45, 7) is 3.86. The highest BCUT2D eigenvalue weighted by Crippen LogP contribution is 2.06. The number of hydrogen-bond donors (Lipinski definition) is 2. The van der Waals surface area contributed by atoms with E-state index < -0.39 is 0 Å². The van der Waals surface area contributed by atoms with Crippen molar-refractivity contribution >= 4 is 5.97 Å². The Balaban J connectivity index is 2.39. The average Bonchev–Trinajstić information content (AvgIpc) is 2.46. The Kier molecular flexibility index (Phi) is 7.07. The van der Waals surface area contributed by atoms with Gasteiger partial charge in [0, 0.05) is 19.3 Å². The van der Waals surface area contributed by atoms with Crippen molar-refractivity contribution in [3.05, 3.63) is 29.6 Å². The van der Waals surface area contributed by atoms with E-state index in [9.17, 15) is 4.79 Å². The predicted molar refractivity (Wildman–Crippen MR) is 72.8 cm³/mol. The lowest BCUT2D eigenvalue weighted by Crippen LogP contribution is -2.23. The minimum atomic E-state index is -0.374. The first-order chi connectivity index (χ1) is 9.21. The van der Waals surface area contributed by atoms with Gasteiger partial charge in [-0.15, -0.1) is 0 Å². The number of carbonyl (C=O) groups is 1. The number of nitrogens with one attached hydrogen (secondary N) is 1. The van der Waals surface area contributed by atoms with Crippen LogP contribution in [0.4, 0.5) is 0 Å². The molecule has 1 rings (SSSR count). The van der Waals surface area contributed by atoms with Gasteiger partial charge in [0.15, 0.2) is 0 Å². The van der Waals surface area contributed by atoms with E-state index >= 15 is 0 Å². The monoisotopic (exact) mass is 266 g/mol. The van der Waals surface area contributed by atoms with Gasteiger partial charge in [0.05, 0.1) is 18.4 Å².